The van der Waals surface area contributed by atoms with Crippen molar-refractivity contribution in [3.05, 3.63) is 63.6 Å². The number of carbonyl (C=O) groups is 2. The van der Waals surface area contributed by atoms with Crippen LogP contribution >= 0.6 is 23.2 Å². The summed E-state index contributed by atoms with van der Waals surface area (Å²) in [6.45, 7) is 8.00. The Kier molecular flexibility index (Phi) is 7.93. The first kappa shape index (κ1) is 25.3. The number of hydrogen-bond donors (Lipinski definition) is 3. The SMILES string of the molecule is C[C@@H]1CC[C@@H]([C@@H](O)c2ccc(Cl)c(Cl)c2)N1C(=O)Nc1ccc(CNC(=O)C(C)(C)C)cc1. The van der Waals surface area contributed by atoms with E-state index in [-0.39, 0.29) is 24.0 Å². The molecular weight excluding hydrogens is 461 g/mol. The van der Waals surface area contributed by atoms with Crippen molar-refractivity contribution < 1.29 is 14.7 Å². The Morgan fingerprint density at radius 3 is 2.36 bits per heavy atom. The second-order valence-electron chi connectivity index (χ2n) is 9.58. The molecule has 2 aromatic carbocycles. The topological polar surface area (TPSA) is 81.7 Å². The van der Waals surface area contributed by atoms with E-state index in [1.54, 1.807) is 23.1 Å². The summed E-state index contributed by atoms with van der Waals surface area (Å²) in [7, 11) is 0. The maximum atomic E-state index is 13.1. The summed E-state index contributed by atoms with van der Waals surface area (Å²) in [5.74, 6) is -0.0190. The van der Waals surface area contributed by atoms with Crippen LogP contribution in [0.4, 0.5) is 10.5 Å². The predicted octanol–water partition coefficient (Wildman–Crippen LogP) is 5.77. The highest BCUT2D eigenvalue weighted by atomic mass is 35.5. The van der Waals surface area contributed by atoms with Gasteiger partial charge < -0.3 is 20.6 Å². The number of aliphatic hydroxyl groups is 1. The van der Waals surface area contributed by atoms with Gasteiger partial charge in [-0.25, -0.2) is 4.79 Å². The van der Waals surface area contributed by atoms with E-state index in [0.717, 1.165) is 12.0 Å². The number of aliphatic hydroxyl groups excluding tert-OH is 1. The van der Waals surface area contributed by atoms with E-state index in [9.17, 15) is 14.7 Å². The molecule has 33 heavy (non-hydrogen) atoms. The molecule has 0 saturated carbocycles. The molecule has 1 saturated heterocycles. The van der Waals surface area contributed by atoms with Crippen LogP contribution in [-0.4, -0.2) is 34.0 Å². The minimum Gasteiger partial charge on any atom is -0.386 e. The number of carbonyl (C=O) groups excluding carboxylic acids is 2. The zero-order valence-electron chi connectivity index (χ0n) is 19.4. The van der Waals surface area contributed by atoms with Crippen LogP contribution in [0.2, 0.25) is 10.0 Å². The number of anilines is 1. The highest BCUT2D eigenvalue weighted by Gasteiger charge is 2.39. The zero-order chi connectivity index (χ0) is 24.3. The average molecular weight is 492 g/mol. The van der Waals surface area contributed by atoms with Crippen LogP contribution in [0.15, 0.2) is 42.5 Å². The number of urea groups is 1. The predicted molar refractivity (Wildman–Crippen MR) is 133 cm³/mol. The van der Waals surface area contributed by atoms with Crippen molar-refractivity contribution in [2.75, 3.05) is 5.32 Å². The van der Waals surface area contributed by atoms with E-state index in [1.165, 1.54) is 0 Å². The van der Waals surface area contributed by atoms with Crippen LogP contribution < -0.4 is 10.6 Å². The Hall–Kier alpha value is -2.28. The number of nitrogens with zero attached hydrogens (tertiary/aromatic N) is 1. The van der Waals surface area contributed by atoms with Crippen molar-refractivity contribution in [1.82, 2.24) is 10.2 Å². The summed E-state index contributed by atoms with van der Waals surface area (Å²) < 4.78 is 0. The van der Waals surface area contributed by atoms with Gasteiger partial charge in [-0.15, -0.1) is 0 Å². The van der Waals surface area contributed by atoms with E-state index < -0.39 is 11.5 Å². The van der Waals surface area contributed by atoms with Gasteiger partial charge in [-0.05, 0) is 55.2 Å². The highest BCUT2D eigenvalue weighted by molar-refractivity contribution is 6.42. The van der Waals surface area contributed by atoms with Crippen LogP contribution in [-0.2, 0) is 11.3 Å². The van der Waals surface area contributed by atoms with Crippen molar-refractivity contribution >= 4 is 40.8 Å². The third kappa shape index (κ3) is 6.19. The van der Waals surface area contributed by atoms with Gasteiger partial charge in [0.1, 0.15) is 0 Å². The van der Waals surface area contributed by atoms with Gasteiger partial charge in [0.15, 0.2) is 0 Å². The van der Waals surface area contributed by atoms with Gasteiger partial charge >= 0.3 is 6.03 Å². The molecule has 1 aliphatic rings. The van der Waals surface area contributed by atoms with Gasteiger partial charge in [0.05, 0.1) is 22.2 Å². The number of nitrogens with one attached hydrogen (secondary N) is 2. The molecule has 0 unspecified atom stereocenters. The van der Waals surface area contributed by atoms with Crippen LogP contribution in [0.5, 0.6) is 0 Å². The van der Waals surface area contributed by atoms with Crippen molar-refractivity contribution in [2.45, 2.75) is 65.3 Å². The minimum atomic E-state index is -0.871. The molecule has 1 fully saturated rings. The van der Waals surface area contributed by atoms with Crippen LogP contribution in [0.3, 0.4) is 0 Å². The van der Waals surface area contributed by atoms with Gasteiger partial charge in [0, 0.05) is 23.7 Å². The summed E-state index contributed by atoms with van der Waals surface area (Å²) >= 11 is 12.1. The third-order valence-corrected chi connectivity index (χ3v) is 6.68. The molecule has 0 radical (unpaired) electrons. The smallest absolute Gasteiger partial charge is 0.322 e. The molecule has 3 N–H and O–H groups in total. The van der Waals surface area contributed by atoms with Crippen LogP contribution in [0, 0.1) is 5.41 Å². The Labute approximate surface area is 205 Å². The number of benzene rings is 2. The number of amides is 3. The molecule has 3 rings (SSSR count). The van der Waals surface area contributed by atoms with Crippen LogP contribution in [0.1, 0.15) is 57.8 Å². The second-order valence-corrected chi connectivity index (χ2v) is 10.4. The van der Waals surface area contributed by atoms with Crippen molar-refractivity contribution in [3.63, 3.8) is 0 Å². The van der Waals surface area contributed by atoms with Crippen molar-refractivity contribution in [1.29, 1.82) is 0 Å². The fourth-order valence-corrected chi connectivity index (χ4v) is 4.24. The Balaban J connectivity index is 1.65. The largest absolute Gasteiger partial charge is 0.386 e. The molecule has 3 atom stereocenters. The van der Waals surface area contributed by atoms with E-state index in [2.05, 4.69) is 10.6 Å². The summed E-state index contributed by atoms with van der Waals surface area (Å²) in [6.07, 6.45) is 0.606. The van der Waals surface area contributed by atoms with Crippen LogP contribution in [0.25, 0.3) is 0 Å². The molecule has 3 amide bonds. The standard InChI is InChI=1S/C25H31Cl2N3O3/c1-15-5-12-21(22(31)17-8-11-19(26)20(27)13-17)30(15)24(33)29-18-9-6-16(7-10-18)14-28-23(32)25(2,3)4/h6-11,13,15,21-22,31H,5,12,14H2,1-4H3,(H,28,32)(H,29,33)/t15-,21+,22+/m1/s1. The van der Waals surface area contributed by atoms with Gasteiger partial charge in [-0.1, -0.05) is 62.2 Å². The fraction of sp³-hybridized carbons (Fsp3) is 0.440. The lowest BCUT2D eigenvalue weighted by Crippen LogP contribution is -2.45. The number of hydrogen-bond acceptors (Lipinski definition) is 3. The normalized spacial score (nSPS) is 19.3. The molecule has 178 valence electrons. The van der Waals surface area contributed by atoms with Gasteiger partial charge in [-0.3, -0.25) is 4.79 Å². The molecule has 6 nitrogen and oxygen atoms in total. The van der Waals surface area contributed by atoms with Gasteiger partial charge in [0.2, 0.25) is 5.91 Å². The number of halogens is 2. The molecule has 0 aliphatic carbocycles. The Bertz CT molecular complexity index is 1000. The zero-order valence-corrected chi connectivity index (χ0v) is 20.9. The lowest BCUT2D eigenvalue weighted by molar-refractivity contribution is -0.128. The summed E-state index contributed by atoms with van der Waals surface area (Å²) in [6, 6.07) is 11.7. The monoisotopic (exact) mass is 491 g/mol. The molecule has 0 bridgehead atoms. The molecular formula is C25H31Cl2N3O3. The second kappa shape index (κ2) is 10.3. The molecule has 1 heterocycles. The molecule has 0 spiro atoms. The highest BCUT2D eigenvalue weighted by Crippen LogP contribution is 2.35. The lowest BCUT2D eigenvalue weighted by atomic mass is 9.95. The van der Waals surface area contributed by atoms with Gasteiger partial charge in [0.25, 0.3) is 0 Å². The number of likely N-dealkylation sites (tertiary alicyclic amines) is 1. The molecule has 2 aromatic rings. The van der Waals surface area contributed by atoms with Gasteiger partial charge in [-0.2, -0.15) is 0 Å². The first-order valence-electron chi connectivity index (χ1n) is 11.1. The van der Waals surface area contributed by atoms with E-state index >= 15 is 0 Å². The van der Waals surface area contributed by atoms with E-state index in [0.29, 0.717) is 34.3 Å². The number of rotatable bonds is 5. The lowest BCUT2D eigenvalue weighted by Gasteiger charge is -2.32. The molecule has 0 aromatic heterocycles. The summed E-state index contributed by atoms with van der Waals surface area (Å²) in [4.78, 5) is 26.8. The van der Waals surface area contributed by atoms with E-state index in [4.69, 9.17) is 23.2 Å². The maximum Gasteiger partial charge on any atom is 0.322 e. The average Bonchev–Trinajstić information content (AvgIpc) is 3.15. The molecule has 1 aliphatic heterocycles. The maximum absolute atomic E-state index is 13.1. The minimum absolute atomic E-state index is 0.0145. The summed E-state index contributed by atoms with van der Waals surface area (Å²) in [5.41, 5.74) is 1.77. The van der Waals surface area contributed by atoms with Crippen molar-refractivity contribution in [3.8, 4) is 0 Å². The first-order chi connectivity index (χ1) is 15.5. The Morgan fingerprint density at radius 2 is 1.76 bits per heavy atom. The Morgan fingerprint density at radius 1 is 1.09 bits per heavy atom. The summed E-state index contributed by atoms with van der Waals surface area (Å²) in [5, 5.41) is 17.6. The first-order valence-corrected chi connectivity index (χ1v) is 11.8. The quantitative estimate of drug-likeness (QED) is 0.495. The third-order valence-electron chi connectivity index (χ3n) is 5.94. The van der Waals surface area contributed by atoms with Crippen molar-refractivity contribution in [2.24, 2.45) is 5.41 Å². The molecule has 8 heteroatoms. The fourth-order valence-electron chi connectivity index (χ4n) is 3.94. The van der Waals surface area contributed by atoms with E-state index in [1.807, 2.05) is 52.0 Å².